The smallest absolute Gasteiger partial charge is 0.267 e. The van der Waals surface area contributed by atoms with E-state index in [4.69, 9.17) is 0 Å². The number of hydrogen-bond donors (Lipinski definition) is 2. The lowest BCUT2D eigenvalue weighted by molar-refractivity contribution is 0.0948. The van der Waals surface area contributed by atoms with Crippen LogP contribution >= 0.6 is 0 Å². The van der Waals surface area contributed by atoms with Crippen molar-refractivity contribution in [3.63, 3.8) is 0 Å². The fourth-order valence-corrected chi connectivity index (χ4v) is 3.92. The van der Waals surface area contributed by atoms with Gasteiger partial charge in [0.15, 0.2) is 0 Å². The average Bonchev–Trinajstić information content (AvgIpc) is 3.08. The van der Waals surface area contributed by atoms with Crippen LogP contribution in [0.1, 0.15) is 57.4 Å². The van der Waals surface area contributed by atoms with E-state index in [9.17, 15) is 9.59 Å². The molecule has 3 rings (SSSR count). The Kier molecular flexibility index (Phi) is 5.96. The Bertz CT molecular complexity index is 827. The van der Waals surface area contributed by atoms with Crippen molar-refractivity contribution >= 4 is 11.8 Å². The fraction of sp³-hybridized carbons (Fsp3) is 0.429. The maximum Gasteiger partial charge on any atom is 0.267 e. The lowest BCUT2D eigenvalue weighted by Gasteiger charge is -2.36. The molecule has 6 heteroatoms. The van der Waals surface area contributed by atoms with Crippen molar-refractivity contribution in [1.29, 1.82) is 0 Å². The molecule has 2 heterocycles. The molecule has 144 valence electrons. The fourth-order valence-electron chi connectivity index (χ4n) is 3.92. The molecule has 1 aromatic heterocycles. The van der Waals surface area contributed by atoms with Crippen LogP contribution in [0.5, 0.6) is 0 Å². The zero-order valence-electron chi connectivity index (χ0n) is 16.3. The highest BCUT2D eigenvalue weighted by Crippen LogP contribution is 2.33. The quantitative estimate of drug-likeness (QED) is 0.852. The summed E-state index contributed by atoms with van der Waals surface area (Å²) in [6.07, 6.45) is 3.42. The monoisotopic (exact) mass is 368 g/mol. The second-order valence-corrected chi connectivity index (χ2v) is 7.04. The second-order valence-electron chi connectivity index (χ2n) is 7.04. The van der Waals surface area contributed by atoms with E-state index in [-0.39, 0.29) is 17.9 Å². The number of carbonyl (C=O) groups is 2. The molecule has 1 aliphatic heterocycles. The molecule has 1 aromatic carbocycles. The van der Waals surface area contributed by atoms with Gasteiger partial charge >= 0.3 is 0 Å². The minimum atomic E-state index is -0.0654. The third-order valence-corrected chi connectivity index (χ3v) is 5.38. The molecule has 0 saturated carbocycles. The molecule has 0 spiro atoms. The SMILES string of the molecule is CNC(=O)c1cccc(CN2CCCCC2c2ccc(C(=O)NC)n2C)c1. The topological polar surface area (TPSA) is 66.4 Å². The molecule has 1 fully saturated rings. The first-order valence-electron chi connectivity index (χ1n) is 9.48. The van der Waals surface area contributed by atoms with Crippen LogP contribution in [0.15, 0.2) is 36.4 Å². The molecular formula is C21H28N4O2. The molecular weight excluding hydrogens is 340 g/mol. The predicted molar refractivity (Wildman–Crippen MR) is 106 cm³/mol. The summed E-state index contributed by atoms with van der Waals surface area (Å²) < 4.78 is 2.00. The molecule has 1 atom stereocenters. The van der Waals surface area contributed by atoms with Gasteiger partial charge in [0.2, 0.25) is 0 Å². The molecule has 1 saturated heterocycles. The van der Waals surface area contributed by atoms with Gasteiger partial charge in [0.25, 0.3) is 11.8 Å². The minimum absolute atomic E-state index is 0.0651. The number of likely N-dealkylation sites (tertiary alicyclic amines) is 1. The summed E-state index contributed by atoms with van der Waals surface area (Å²) in [6.45, 7) is 1.80. The number of aromatic nitrogens is 1. The minimum Gasteiger partial charge on any atom is -0.355 e. The number of rotatable bonds is 5. The Hall–Kier alpha value is -2.60. The molecule has 0 radical (unpaired) electrons. The predicted octanol–water partition coefficient (Wildman–Crippen LogP) is 2.47. The average molecular weight is 368 g/mol. The first kappa shape index (κ1) is 19.2. The van der Waals surface area contributed by atoms with Crippen LogP contribution in [0.25, 0.3) is 0 Å². The Morgan fingerprint density at radius 3 is 2.59 bits per heavy atom. The normalized spacial score (nSPS) is 17.5. The number of amides is 2. The van der Waals surface area contributed by atoms with Crippen molar-refractivity contribution in [3.05, 3.63) is 58.9 Å². The highest BCUT2D eigenvalue weighted by Gasteiger charge is 2.27. The molecule has 0 aliphatic carbocycles. The zero-order valence-corrected chi connectivity index (χ0v) is 16.3. The van der Waals surface area contributed by atoms with Crippen molar-refractivity contribution in [2.45, 2.75) is 31.8 Å². The summed E-state index contributed by atoms with van der Waals surface area (Å²) in [5.41, 5.74) is 3.66. The van der Waals surface area contributed by atoms with E-state index in [2.05, 4.69) is 27.7 Å². The third-order valence-electron chi connectivity index (χ3n) is 5.38. The van der Waals surface area contributed by atoms with Crippen LogP contribution in [0.4, 0.5) is 0 Å². The van der Waals surface area contributed by atoms with E-state index in [0.29, 0.717) is 11.3 Å². The van der Waals surface area contributed by atoms with Gasteiger partial charge in [0, 0.05) is 38.9 Å². The van der Waals surface area contributed by atoms with Gasteiger partial charge in [-0.1, -0.05) is 18.6 Å². The van der Waals surface area contributed by atoms with E-state index in [1.165, 1.54) is 12.8 Å². The summed E-state index contributed by atoms with van der Waals surface area (Å²) >= 11 is 0. The highest BCUT2D eigenvalue weighted by molar-refractivity contribution is 5.94. The summed E-state index contributed by atoms with van der Waals surface area (Å²) in [4.78, 5) is 26.4. The van der Waals surface area contributed by atoms with Gasteiger partial charge in [0.1, 0.15) is 5.69 Å². The van der Waals surface area contributed by atoms with Gasteiger partial charge in [-0.15, -0.1) is 0 Å². The van der Waals surface area contributed by atoms with E-state index in [1.54, 1.807) is 14.1 Å². The highest BCUT2D eigenvalue weighted by atomic mass is 16.2. The van der Waals surface area contributed by atoms with Crippen molar-refractivity contribution in [3.8, 4) is 0 Å². The van der Waals surface area contributed by atoms with Gasteiger partial charge in [-0.3, -0.25) is 14.5 Å². The summed E-state index contributed by atoms with van der Waals surface area (Å²) in [7, 11) is 5.26. The Morgan fingerprint density at radius 2 is 1.85 bits per heavy atom. The lowest BCUT2D eigenvalue weighted by Crippen LogP contribution is -2.34. The first-order chi connectivity index (χ1) is 13.0. The van der Waals surface area contributed by atoms with E-state index >= 15 is 0 Å². The summed E-state index contributed by atoms with van der Waals surface area (Å²) in [5, 5.41) is 5.38. The maximum absolute atomic E-state index is 12.0. The molecule has 2 aromatic rings. The number of piperidine rings is 1. The number of nitrogens with zero attached hydrogens (tertiary/aromatic N) is 2. The van der Waals surface area contributed by atoms with Crippen molar-refractivity contribution < 1.29 is 9.59 Å². The molecule has 2 N–H and O–H groups in total. The van der Waals surface area contributed by atoms with Crippen molar-refractivity contribution in [2.75, 3.05) is 20.6 Å². The van der Waals surface area contributed by atoms with Crippen molar-refractivity contribution in [2.24, 2.45) is 7.05 Å². The van der Waals surface area contributed by atoms with Gasteiger partial charge in [-0.05, 0) is 49.2 Å². The number of nitrogens with one attached hydrogen (secondary N) is 2. The van der Waals surface area contributed by atoms with Gasteiger partial charge < -0.3 is 15.2 Å². The molecule has 1 aliphatic rings. The van der Waals surface area contributed by atoms with Crippen LogP contribution in [0, 0.1) is 0 Å². The van der Waals surface area contributed by atoms with Crippen LogP contribution in [0.2, 0.25) is 0 Å². The number of hydrogen-bond acceptors (Lipinski definition) is 3. The van der Waals surface area contributed by atoms with Crippen LogP contribution in [-0.2, 0) is 13.6 Å². The lowest BCUT2D eigenvalue weighted by atomic mass is 9.98. The van der Waals surface area contributed by atoms with E-state index < -0.39 is 0 Å². The molecule has 6 nitrogen and oxygen atoms in total. The third kappa shape index (κ3) is 4.06. The zero-order chi connectivity index (χ0) is 19.4. The van der Waals surface area contributed by atoms with Crippen LogP contribution in [0.3, 0.4) is 0 Å². The van der Waals surface area contributed by atoms with Crippen LogP contribution < -0.4 is 10.6 Å². The second kappa shape index (κ2) is 8.39. The van der Waals surface area contributed by atoms with Crippen molar-refractivity contribution in [1.82, 2.24) is 20.1 Å². The van der Waals surface area contributed by atoms with E-state index in [0.717, 1.165) is 30.8 Å². The standard InChI is InChI=1S/C21H28N4O2/c1-22-20(26)16-8-6-7-15(13-16)14-25-12-5-4-9-18(25)17-10-11-19(24(17)3)21(27)23-2/h6-8,10-11,13,18H,4-5,9,12,14H2,1-3H3,(H,22,26)(H,23,27). The largest absolute Gasteiger partial charge is 0.355 e. The molecule has 27 heavy (non-hydrogen) atoms. The van der Waals surface area contributed by atoms with Crippen LogP contribution in [-0.4, -0.2) is 41.9 Å². The molecule has 2 amide bonds. The number of carbonyl (C=O) groups excluding carboxylic acids is 2. The number of benzene rings is 1. The molecule has 0 bridgehead atoms. The first-order valence-corrected chi connectivity index (χ1v) is 9.48. The Morgan fingerprint density at radius 1 is 1.07 bits per heavy atom. The van der Waals surface area contributed by atoms with E-state index in [1.807, 2.05) is 35.9 Å². The Balaban J connectivity index is 1.84. The summed E-state index contributed by atoms with van der Waals surface area (Å²) in [6, 6.07) is 12.0. The summed E-state index contributed by atoms with van der Waals surface area (Å²) in [5.74, 6) is -0.130. The van der Waals surface area contributed by atoms with Gasteiger partial charge in [0.05, 0.1) is 6.04 Å². The Labute approximate surface area is 160 Å². The van der Waals surface area contributed by atoms with Gasteiger partial charge in [-0.25, -0.2) is 0 Å². The maximum atomic E-state index is 12.0. The molecule has 1 unspecified atom stereocenters. The van der Waals surface area contributed by atoms with Gasteiger partial charge in [-0.2, -0.15) is 0 Å².